The van der Waals surface area contributed by atoms with Crippen LogP contribution >= 0.6 is 11.6 Å². The smallest absolute Gasteiger partial charge is 0.123 e. The third kappa shape index (κ3) is 4.32. The molecule has 0 aliphatic carbocycles. The molecule has 0 radical (unpaired) electrons. The van der Waals surface area contributed by atoms with E-state index in [0.717, 1.165) is 17.0 Å². The predicted octanol–water partition coefficient (Wildman–Crippen LogP) is 4.76. The number of benzene rings is 2. The summed E-state index contributed by atoms with van der Waals surface area (Å²) in [5, 5.41) is 4.24. The highest BCUT2D eigenvalue weighted by Crippen LogP contribution is 2.16. The van der Waals surface area contributed by atoms with Crippen molar-refractivity contribution in [1.82, 2.24) is 5.32 Å². The summed E-state index contributed by atoms with van der Waals surface area (Å²) in [7, 11) is 0. The van der Waals surface area contributed by atoms with Crippen molar-refractivity contribution in [3.05, 3.63) is 70.5 Å². The lowest BCUT2D eigenvalue weighted by Crippen LogP contribution is -2.30. The Labute approximate surface area is 124 Å². The van der Waals surface area contributed by atoms with Crippen LogP contribution in [0, 0.1) is 5.82 Å². The van der Waals surface area contributed by atoms with Gasteiger partial charge in [0.1, 0.15) is 5.82 Å². The van der Waals surface area contributed by atoms with Crippen LogP contribution in [0.5, 0.6) is 0 Å². The van der Waals surface area contributed by atoms with Gasteiger partial charge in [-0.25, -0.2) is 4.39 Å². The molecule has 0 aliphatic rings. The quantitative estimate of drug-likeness (QED) is 0.837. The van der Waals surface area contributed by atoms with E-state index >= 15 is 0 Å². The van der Waals surface area contributed by atoms with E-state index in [4.69, 9.17) is 11.6 Å². The molecule has 2 aromatic rings. The molecule has 2 unspecified atom stereocenters. The summed E-state index contributed by atoms with van der Waals surface area (Å²) in [4.78, 5) is 0. The molecular weight excluding hydrogens is 273 g/mol. The van der Waals surface area contributed by atoms with Gasteiger partial charge in [-0.3, -0.25) is 0 Å². The zero-order valence-corrected chi connectivity index (χ0v) is 12.5. The van der Waals surface area contributed by atoms with Gasteiger partial charge in [0, 0.05) is 17.1 Å². The van der Waals surface area contributed by atoms with E-state index in [1.165, 1.54) is 11.6 Å². The van der Waals surface area contributed by atoms with E-state index in [9.17, 15) is 4.39 Å². The molecule has 2 rings (SSSR count). The zero-order valence-electron chi connectivity index (χ0n) is 11.7. The van der Waals surface area contributed by atoms with Gasteiger partial charge in [-0.15, -0.1) is 0 Å². The van der Waals surface area contributed by atoms with Crippen molar-refractivity contribution < 1.29 is 4.39 Å². The van der Waals surface area contributed by atoms with Crippen LogP contribution in [-0.2, 0) is 6.42 Å². The molecule has 0 aliphatic heterocycles. The van der Waals surface area contributed by atoms with Gasteiger partial charge < -0.3 is 5.32 Å². The molecular formula is C17H19ClFN. The summed E-state index contributed by atoms with van der Waals surface area (Å²) in [5.41, 5.74) is 2.16. The second kappa shape index (κ2) is 6.87. The fourth-order valence-electron chi connectivity index (χ4n) is 2.38. The molecule has 3 heteroatoms. The molecule has 0 bridgehead atoms. The highest BCUT2D eigenvalue weighted by molar-refractivity contribution is 6.30. The maximum atomic E-state index is 13.2. The van der Waals surface area contributed by atoms with Gasteiger partial charge in [0.15, 0.2) is 0 Å². The van der Waals surface area contributed by atoms with Crippen molar-refractivity contribution in [3.63, 3.8) is 0 Å². The third-order valence-electron chi connectivity index (χ3n) is 3.31. The predicted molar refractivity (Wildman–Crippen MR) is 82.6 cm³/mol. The van der Waals surface area contributed by atoms with E-state index in [2.05, 4.69) is 18.3 Å². The molecule has 2 atom stereocenters. The SMILES string of the molecule is CC(Cc1cccc(Cl)c1)NC(C)c1cccc(F)c1. The second-order valence-electron chi connectivity index (χ2n) is 5.18. The van der Waals surface area contributed by atoms with Gasteiger partial charge in [0.2, 0.25) is 0 Å². The van der Waals surface area contributed by atoms with Crippen molar-refractivity contribution in [3.8, 4) is 0 Å². The Morgan fingerprint density at radius 2 is 1.85 bits per heavy atom. The first-order chi connectivity index (χ1) is 9.54. The minimum atomic E-state index is -0.196. The molecule has 1 N–H and O–H groups in total. The van der Waals surface area contributed by atoms with Crippen molar-refractivity contribution in [2.75, 3.05) is 0 Å². The van der Waals surface area contributed by atoms with Crippen LogP contribution in [-0.4, -0.2) is 6.04 Å². The number of hydrogen-bond acceptors (Lipinski definition) is 1. The maximum Gasteiger partial charge on any atom is 0.123 e. The van der Waals surface area contributed by atoms with E-state index in [-0.39, 0.29) is 17.9 Å². The van der Waals surface area contributed by atoms with Crippen LogP contribution in [0.2, 0.25) is 5.02 Å². The molecule has 0 amide bonds. The molecule has 2 aromatic carbocycles. The Hall–Kier alpha value is -1.38. The van der Waals surface area contributed by atoms with Gasteiger partial charge in [0.25, 0.3) is 0 Å². The molecule has 106 valence electrons. The summed E-state index contributed by atoms with van der Waals surface area (Å²) in [6.07, 6.45) is 0.889. The largest absolute Gasteiger partial charge is 0.307 e. The average molecular weight is 292 g/mol. The van der Waals surface area contributed by atoms with Crippen LogP contribution in [0.25, 0.3) is 0 Å². The van der Waals surface area contributed by atoms with Crippen LogP contribution in [0.3, 0.4) is 0 Å². The van der Waals surface area contributed by atoms with Crippen molar-refractivity contribution in [2.45, 2.75) is 32.4 Å². The Bertz CT molecular complexity index is 570. The summed E-state index contributed by atoms with van der Waals surface area (Å²) in [5.74, 6) is -0.196. The lowest BCUT2D eigenvalue weighted by molar-refractivity contribution is 0.475. The number of halogens is 2. The fourth-order valence-corrected chi connectivity index (χ4v) is 2.59. The molecule has 0 aromatic heterocycles. The summed E-state index contributed by atoms with van der Waals surface area (Å²) in [6, 6.07) is 15.0. The van der Waals surface area contributed by atoms with Crippen LogP contribution < -0.4 is 5.32 Å². The monoisotopic (exact) mass is 291 g/mol. The first kappa shape index (κ1) is 15.0. The first-order valence-corrected chi connectivity index (χ1v) is 7.18. The second-order valence-corrected chi connectivity index (χ2v) is 5.61. The number of rotatable bonds is 5. The van der Waals surface area contributed by atoms with Crippen molar-refractivity contribution in [1.29, 1.82) is 0 Å². The Kier molecular flexibility index (Phi) is 5.16. The Morgan fingerprint density at radius 1 is 1.10 bits per heavy atom. The van der Waals surface area contributed by atoms with E-state index in [0.29, 0.717) is 0 Å². The van der Waals surface area contributed by atoms with Crippen molar-refractivity contribution >= 4 is 11.6 Å². The van der Waals surface area contributed by atoms with Gasteiger partial charge in [-0.05, 0) is 55.7 Å². The van der Waals surface area contributed by atoms with E-state index < -0.39 is 0 Å². The molecule has 0 heterocycles. The van der Waals surface area contributed by atoms with E-state index in [1.807, 2.05) is 31.2 Å². The first-order valence-electron chi connectivity index (χ1n) is 6.80. The average Bonchev–Trinajstić information content (AvgIpc) is 2.38. The molecule has 0 fully saturated rings. The summed E-state index contributed by atoms with van der Waals surface area (Å²) in [6.45, 7) is 4.17. The minimum absolute atomic E-state index is 0.111. The molecule has 0 spiro atoms. The Morgan fingerprint density at radius 3 is 2.55 bits per heavy atom. The number of hydrogen-bond donors (Lipinski definition) is 1. The van der Waals surface area contributed by atoms with E-state index in [1.54, 1.807) is 12.1 Å². The highest BCUT2D eigenvalue weighted by atomic mass is 35.5. The molecule has 0 saturated carbocycles. The summed E-state index contributed by atoms with van der Waals surface area (Å²) >= 11 is 5.99. The lowest BCUT2D eigenvalue weighted by atomic mass is 10.0. The normalized spacial score (nSPS) is 14.0. The van der Waals surface area contributed by atoms with Gasteiger partial charge in [-0.1, -0.05) is 35.9 Å². The van der Waals surface area contributed by atoms with Crippen LogP contribution in [0.15, 0.2) is 48.5 Å². The van der Waals surface area contributed by atoms with Crippen LogP contribution in [0.1, 0.15) is 31.0 Å². The van der Waals surface area contributed by atoms with Crippen molar-refractivity contribution in [2.24, 2.45) is 0 Å². The van der Waals surface area contributed by atoms with Gasteiger partial charge in [-0.2, -0.15) is 0 Å². The standard InChI is InChI=1S/C17H19ClFN/c1-12(9-14-5-3-7-16(18)10-14)20-13(2)15-6-4-8-17(19)11-15/h3-8,10-13,20H,9H2,1-2H3. The van der Waals surface area contributed by atoms with Gasteiger partial charge in [0.05, 0.1) is 0 Å². The topological polar surface area (TPSA) is 12.0 Å². The zero-order chi connectivity index (χ0) is 14.5. The third-order valence-corrected chi connectivity index (χ3v) is 3.55. The van der Waals surface area contributed by atoms with Crippen LogP contribution in [0.4, 0.5) is 4.39 Å². The minimum Gasteiger partial charge on any atom is -0.307 e. The Balaban J connectivity index is 1.95. The molecule has 0 saturated heterocycles. The lowest BCUT2D eigenvalue weighted by Gasteiger charge is -2.20. The highest BCUT2D eigenvalue weighted by Gasteiger charge is 2.10. The van der Waals surface area contributed by atoms with Gasteiger partial charge >= 0.3 is 0 Å². The maximum absolute atomic E-state index is 13.2. The molecule has 20 heavy (non-hydrogen) atoms. The number of nitrogens with one attached hydrogen (secondary N) is 1. The summed E-state index contributed by atoms with van der Waals surface area (Å²) < 4.78 is 13.2. The molecule has 1 nitrogen and oxygen atoms in total. The fraction of sp³-hybridized carbons (Fsp3) is 0.294.